The van der Waals surface area contributed by atoms with Crippen molar-refractivity contribution in [2.45, 2.75) is 63.2 Å². The minimum atomic E-state index is -5.11. The van der Waals surface area contributed by atoms with Crippen molar-refractivity contribution in [1.29, 1.82) is 0 Å². The van der Waals surface area contributed by atoms with Crippen LogP contribution in [0.2, 0.25) is 0 Å². The second kappa shape index (κ2) is 15.0. The van der Waals surface area contributed by atoms with E-state index in [1.807, 2.05) is 48.5 Å². The highest BCUT2D eigenvalue weighted by molar-refractivity contribution is 7.80. The molecule has 4 unspecified atom stereocenters. The average molecular weight is 761 g/mol. The van der Waals surface area contributed by atoms with Crippen molar-refractivity contribution >= 4 is 42.4 Å². The molecule has 0 amide bonds. The summed E-state index contributed by atoms with van der Waals surface area (Å²) in [6.07, 6.45) is -12.9. The molecule has 0 spiro atoms. The fourth-order valence-electron chi connectivity index (χ4n) is 7.49. The van der Waals surface area contributed by atoms with E-state index in [2.05, 4.69) is 36.4 Å². The first-order valence-corrected chi connectivity index (χ1v) is 19.5. The van der Waals surface area contributed by atoms with E-state index >= 15 is 0 Å². The van der Waals surface area contributed by atoms with Crippen molar-refractivity contribution in [3.63, 3.8) is 0 Å². The van der Waals surface area contributed by atoms with Crippen molar-refractivity contribution in [2.75, 3.05) is 0 Å². The van der Waals surface area contributed by atoms with Gasteiger partial charge in [0.2, 0.25) is 0 Å². The molecule has 1 aliphatic rings. The summed E-state index contributed by atoms with van der Waals surface area (Å²) in [7, 11) is -3.20. The molecule has 1 fully saturated rings. The van der Waals surface area contributed by atoms with Crippen LogP contribution in [0.15, 0.2) is 121 Å². The summed E-state index contributed by atoms with van der Waals surface area (Å²) in [4.78, 5) is 0. The lowest BCUT2D eigenvalue weighted by Crippen LogP contribution is -2.31. The zero-order valence-corrected chi connectivity index (χ0v) is 30.0. The summed E-state index contributed by atoms with van der Waals surface area (Å²) in [5, 5.41) is 3.17. The van der Waals surface area contributed by atoms with Gasteiger partial charge < -0.3 is 0 Å². The quantitative estimate of drug-likeness (QED) is 0.109. The van der Waals surface area contributed by atoms with Crippen molar-refractivity contribution in [1.82, 2.24) is 0 Å². The Morgan fingerprint density at radius 2 is 1.00 bits per heavy atom. The molecule has 0 nitrogen and oxygen atoms in total. The smallest absolute Gasteiger partial charge is 0.166 e. The molecule has 1 saturated carbocycles. The Bertz CT molecular complexity index is 1910. The monoisotopic (exact) mass is 760 g/mol. The van der Waals surface area contributed by atoms with Crippen LogP contribution in [0.4, 0.5) is 39.5 Å². The molecule has 272 valence electrons. The van der Waals surface area contributed by atoms with Crippen molar-refractivity contribution in [2.24, 2.45) is 5.92 Å². The second-order valence-electron chi connectivity index (χ2n) is 13.2. The summed E-state index contributed by atoms with van der Waals surface area (Å²) < 4.78 is 127. The molecule has 1 aliphatic carbocycles. The van der Waals surface area contributed by atoms with E-state index < -0.39 is 56.7 Å². The van der Waals surface area contributed by atoms with Crippen LogP contribution in [-0.4, -0.2) is 5.66 Å². The molecular formula is C41H35F9P2. The molecule has 5 aromatic carbocycles. The molecule has 0 aromatic heterocycles. The van der Waals surface area contributed by atoms with Gasteiger partial charge in [-0.05, 0) is 121 Å². The third kappa shape index (κ3) is 8.26. The van der Waals surface area contributed by atoms with Gasteiger partial charge in [-0.25, -0.2) is 0 Å². The highest BCUT2D eigenvalue weighted by Crippen LogP contribution is 2.54. The summed E-state index contributed by atoms with van der Waals surface area (Å²) in [6, 6.07) is 32.9. The van der Waals surface area contributed by atoms with Gasteiger partial charge in [-0.3, -0.25) is 0 Å². The zero-order valence-electron chi connectivity index (χ0n) is 28.2. The number of aryl methyl sites for hydroxylation is 1. The molecule has 5 aromatic rings. The Hall–Kier alpha value is -3.67. The second-order valence-corrected chi connectivity index (χ2v) is 18.0. The lowest BCUT2D eigenvalue weighted by Gasteiger charge is -2.36. The largest absolute Gasteiger partial charge is 0.416 e. The number of halogens is 9. The van der Waals surface area contributed by atoms with Crippen LogP contribution in [0.3, 0.4) is 0 Å². The number of hydrogen-bond donors (Lipinski definition) is 0. The van der Waals surface area contributed by atoms with Crippen LogP contribution in [0.25, 0.3) is 0 Å². The van der Waals surface area contributed by atoms with Gasteiger partial charge in [0.15, 0.2) is 0 Å². The van der Waals surface area contributed by atoms with Gasteiger partial charge in [0.05, 0.1) is 16.7 Å². The number of benzene rings is 5. The molecule has 6 rings (SSSR count). The molecule has 0 bridgehead atoms. The maximum absolute atomic E-state index is 14.2. The highest BCUT2D eigenvalue weighted by atomic mass is 31.1. The van der Waals surface area contributed by atoms with Gasteiger partial charge in [0.1, 0.15) is 0 Å². The van der Waals surface area contributed by atoms with Crippen LogP contribution < -0.4 is 26.5 Å². The van der Waals surface area contributed by atoms with Crippen LogP contribution >= 0.6 is 15.8 Å². The van der Waals surface area contributed by atoms with E-state index in [1.54, 1.807) is 6.92 Å². The number of rotatable bonds is 8. The molecule has 0 N–H and O–H groups in total. The first kappa shape index (κ1) is 38.1. The number of alkyl halides is 9. The lowest BCUT2D eigenvalue weighted by molar-refractivity contribution is -0.143. The Kier molecular flexibility index (Phi) is 11.0. The Morgan fingerprint density at radius 3 is 1.52 bits per heavy atom. The van der Waals surface area contributed by atoms with Crippen molar-refractivity contribution in [3.05, 3.63) is 149 Å². The maximum Gasteiger partial charge on any atom is 0.416 e. The first-order chi connectivity index (χ1) is 24.5. The van der Waals surface area contributed by atoms with E-state index in [9.17, 15) is 39.5 Å². The third-order valence-corrected chi connectivity index (χ3v) is 15.1. The van der Waals surface area contributed by atoms with Crippen LogP contribution in [0, 0.1) is 12.8 Å². The van der Waals surface area contributed by atoms with Crippen LogP contribution in [0.5, 0.6) is 0 Å². The predicted octanol–water partition coefficient (Wildman–Crippen LogP) is 11.2. The molecule has 4 atom stereocenters. The van der Waals surface area contributed by atoms with Crippen molar-refractivity contribution < 1.29 is 39.5 Å². The van der Waals surface area contributed by atoms with Gasteiger partial charge >= 0.3 is 18.5 Å². The van der Waals surface area contributed by atoms with Gasteiger partial charge in [-0.15, -0.1) is 0 Å². The highest BCUT2D eigenvalue weighted by Gasteiger charge is 2.42. The van der Waals surface area contributed by atoms with Gasteiger partial charge in [-0.1, -0.05) is 104 Å². The van der Waals surface area contributed by atoms with E-state index in [0.29, 0.717) is 18.6 Å². The fraction of sp³-hybridized carbons (Fsp3) is 0.268. The lowest BCUT2D eigenvalue weighted by atomic mass is 9.87. The summed E-state index contributed by atoms with van der Waals surface area (Å²) in [6.45, 7) is 3.24. The molecule has 0 heterocycles. The van der Waals surface area contributed by atoms with Gasteiger partial charge in [0, 0.05) is 0 Å². The Labute approximate surface area is 299 Å². The standard InChI is InChI=1S/C41H35F9P2/c1-26-20-28(39(42,43)44)23-33(21-26)51(34-24-29(40(45,46)47)22-30(25-34)41(48,49)50)27(2)35-17-11-18-36(35)37-16-9-10-19-38(37)52(31-12-5-3-6-13-31)32-14-7-4-8-15-32/h3-10,12-16,19-25,27,35-36H,11,17-18H2,1-2H3. The molecular weight excluding hydrogens is 725 g/mol. The van der Waals surface area contributed by atoms with E-state index in [4.69, 9.17) is 0 Å². The third-order valence-electron chi connectivity index (χ3n) is 9.72. The summed E-state index contributed by atoms with van der Waals surface area (Å²) in [5.41, 5.74) is -3.27. The predicted molar refractivity (Wildman–Crippen MR) is 194 cm³/mol. The van der Waals surface area contributed by atoms with Crippen molar-refractivity contribution in [3.8, 4) is 0 Å². The topological polar surface area (TPSA) is 0 Å². The zero-order chi connectivity index (χ0) is 37.4. The Balaban J connectivity index is 1.52. The summed E-state index contributed by atoms with van der Waals surface area (Å²) in [5.74, 6) is -0.372. The van der Waals surface area contributed by atoms with E-state index in [0.717, 1.165) is 46.5 Å². The number of hydrogen-bond acceptors (Lipinski definition) is 0. The fourth-order valence-corrected chi connectivity index (χ4v) is 13.2. The van der Waals surface area contributed by atoms with Gasteiger partial charge in [0.25, 0.3) is 0 Å². The molecule has 11 heteroatoms. The van der Waals surface area contributed by atoms with E-state index in [1.165, 1.54) is 13.0 Å². The average Bonchev–Trinajstić information content (AvgIpc) is 3.58. The summed E-state index contributed by atoms with van der Waals surface area (Å²) >= 11 is 0. The van der Waals surface area contributed by atoms with Gasteiger partial charge in [-0.2, -0.15) is 39.5 Å². The Morgan fingerprint density at radius 1 is 0.538 bits per heavy atom. The SMILES string of the molecule is Cc1cc(P(c2cc(C(F)(F)F)cc(C(F)(F)F)c2)C(C)C2CCCC2c2ccccc2P(c2ccccc2)c2ccccc2)cc(C(F)(F)F)c1. The van der Waals surface area contributed by atoms with Crippen LogP contribution in [0.1, 0.15) is 59.9 Å². The molecule has 0 radical (unpaired) electrons. The molecule has 52 heavy (non-hydrogen) atoms. The first-order valence-electron chi connectivity index (χ1n) is 16.8. The minimum Gasteiger partial charge on any atom is -0.166 e. The van der Waals surface area contributed by atoms with E-state index in [-0.39, 0.29) is 34.1 Å². The molecule has 0 aliphatic heterocycles. The van der Waals surface area contributed by atoms with Crippen LogP contribution in [-0.2, 0) is 18.5 Å². The minimum absolute atomic E-state index is 0.0726. The normalized spacial score (nSPS) is 18.1. The maximum atomic E-state index is 14.2. The molecule has 0 saturated heterocycles.